The molecule has 1 fully saturated rings. The number of hydrogen-bond donors (Lipinski definition) is 1. The Bertz CT molecular complexity index is 726. The van der Waals surface area contributed by atoms with Crippen LogP contribution in [0, 0.1) is 0 Å². The molecule has 5 nitrogen and oxygen atoms in total. The van der Waals surface area contributed by atoms with E-state index in [0.29, 0.717) is 25.3 Å². The first kappa shape index (κ1) is 15.8. The Morgan fingerprint density at radius 1 is 1.48 bits per heavy atom. The third kappa shape index (κ3) is 3.03. The van der Waals surface area contributed by atoms with Crippen molar-refractivity contribution in [1.29, 1.82) is 0 Å². The maximum Gasteiger partial charge on any atom is 0.449 e. The molecule has 1 aromatic heterocycles. The zero-order valence-corrected chi connectivity index (χ0v) is 12.5. The van der Waals surface area contributed by atoms with E-state index in [1.807, 2.05) is 6.92 Å². The van der Waals surface area contributed by atoms with Gasteiger partial charge in [-0.1, -0.05) is 6.92 Å². The lowest BCUT2D eigenvalue weighted by atomic mass is 10.1. The summed E-state index contributed by atoms with van der Waals surface area (Å²) >= 11 is 0. The fourth-order valence-electron chi connectivity index (χ4n) is 2.70. The van der Waals surface area contributed by atoms with E-state index in [1.165, 1.54) is 18.2 Å². The maximum absolute atomic E-state index is 12.7. The van der Waals surface area contributed by atoms with Gasteiger partial charge in [-0.15, -0.1) is 0 Å². The molecule has 0 bridgehead atoms. The van der Waals surface area contributed by atoms with Crippen LogP contribution in [0.4, 0.5) is 13.2 Å². The highest BCUT2D eigenvalue weighted by atomic mass is 19.4. The van der Waals surface area contributed by atoms with Crippen molar-refractivity contribution in [2.75, 3.05) is 19.8 Å². The lowest BCUT2D eigenvalue weighted by molar-refractivity contribution is -0.144. The van der Waals surface area contributed by atoms with Gasteiger partial charge in [0.15, 0.2) is 0 Å². The molecule has 2 heterocycles. The van der Waals surface area contributed by atoms with Crippen LogP contribution in [0.25, 0.3) is 11.0 Å². The molecular weight excluding hydrogens is 311 g/mol. The number of fused-ring (bicyclic) bond motifs is 1. The van der Waals surface area contributed by atoms with Crippen molar-refractivity contribution in [3.63, 3.8) is 0 Å². The van der Waals surface area contributed by atoms with Crippen molar-refractivity contribution in [3.8, 4) is 0 Å². The first-order valence-electron chi connectivity index (χ1n) is 7.36. The van der Waals surface area contributed by atoms with E-state index in [0.717, 1.165) is 6.42 Å². The summed E-state index contributed by atoms with van der Waals surface area (Å²) in [6.07, 6.45) is -3.78. The molecule has 1 aromatic carbocycles. The highest BCUT2D eigenvalue weighted by molar-refractivity contribution is 5.97. The largest absolute Gasteiger partial charge is 0.449 e. The number of hydrogen-bond acceptors (Lipinski definition) is 3. The molecule has 0 unspecified atom stereocenters. The van der Waals surface area contributed by atoms with Gasteiger partial charge in [0.05, 0.1) is 30.3 Å². The number of imidazole rings is 1. The van der Waals surface area contributed by atoms with Gasteiger partial charge in [0.2, 0.25) is 5.82 Å². The maximum atomic E-state index is 12.7. The van der Waals surface area contributed by atoms with E-state index in [2.05, 4.69) is 9.97 Å². The number of rotatable bonds is 2. The summed E-state index contributed by atoms with van der Waals surface area (Å²) in [5.74, 6) is -1.26. The number of morpholine rings is 1. The Morgan fingerprint density at radius 3 is 2.96 bits per heavy atom. The summed E-state index contributed by atoms with van der Waals surface area (Å²) in [6, 6.07) is 4.34. The van der Waals surface area contributed by atoms with Gasteiger partial charge in [0.25, 0.3) is 5.91 Å². The Balaban J connectivity index is 1.91. The highest BCUT2D eigenvalue weighted by Gasteiger charge is 2.35. The van der Waals surface area contributed by atoms with E-state index in [1.54, 1.807) is 4.90 Å². The van der Waals surface area contributed by atoms with Crippen molar-refractivity contribution >= 4 is 16.9 Å². The molecule has 1 aliphatic rings. The fourth-order valence-corrected chi connectivity index (χ4v) is 2.70. The van der Waals surface area contributed by atoms with Crippen molar-refractivity contribution in [2.45, 2.75) is 25.6 Å². The summed E-state index contributed by atoms with van der Waals surface area (Å²) in [6.45, 7) is 3.39. The van der Waals surface area contributed by atoms with E-state index in [9.17, 15) is 18.0 Å². The number of ether oxygens (including phenoxy) is 1. The second-order valence-electron chi connectivity index (χ2n) is 5.45. The van der Waals surface area contributed by atoms with E-state index < -0.39 is 12.0 Å². The Labute approximate surface area is 130 Å². The molecule has 8 heteroatoms. The van der Waals surface area contributed by atoms with Crippen LogP contribution in [0.1, 0.15) is 29.5 Å². The lowest BCUT2D eigenvalue weighted by Gasteiger charge is -2.35. The topological polar surface area (TPSA) is 58.2 Å². The van der Waals surface area contributed by atoms with Crippen LogP contribution in [-0.4, -0.2) is 46.6 Å². The molecule has 23 heavy (non-hydrogen) atoms. The Hall–Kier alpha value is -2.09. The summed E-state index contributed by atoms with van der Waals surface area (Å²) in [5.41, 5.74) is 0.725. The molecule has 0 aliphatic carbocycles. The smallest absolute Gasteiger partial charge is 0.377 e. The number of H-pyrrole nitrogens is 1. The zero-order chi connectivity index (χ0) is 16.6. The van der Waals surface area contributed by atoms with Gasteiger partial charge in [-0.25, -0.2) is 4.98 Å². The van der Waals surface area contributed by atoms with Crippen LogP contribution < -0.4 is 0 Å². The van der Waals surface area contributed by atoms with Crippen molar-refractivity contribution in [2.24, 2.45) is 0 Å². The minimum atomic E-state index is -4.54. The summed E-state index contributed by atoms with van der Waals surface area (Å²) in [4.78, 5) is 20.1. The Morgan fingerprint density at radius 2 is 2.26 bits per heavy atom. The molecule has 1 amide bonds. The third-order valence-corrected chi connectivity index (χ3v) is 3.96. The van der Waals surface area contributed by atoms with Crippen LogP contribution in [0.15, 0.2) is 18.2 Å². The molecule has 1 atom stereocenters. The fraction of sp³-hybridized carbons (Fsp3) is 0.467. The van der Waals surface area contributed by atoms with Gasteiger partial charge in [0, 0.05) is 12.1 Å². The Kier molecular flexibility index (Phi) is 4.01. The first-order valence-corrected chi connectivity index (χ1v) is 7.36. The van der Waals surface area contributed by atoms with Gasteiger partial charge in [-0.3, -0.25) is 4.79 Å². The van der Waals surface area contributed by atoms with E-state index >= 15 is 0 Å². The predicted octanol–water partition coefficient (Wildman–Crippen LogP) is 2.83. The number of carbonyl (C=O) groups excluding carboxylic acids is 1. The average Bonchev–Trinajstić information content (AvgIpc) is 2.97. The number of aromatic amines is 1. The van der Waals surface area contributed by atoms with Gasteiger partial charge in [-0.2, -0.15) is 13.2 Å². The normalized spacial score (nSPS) is 19.3. The van der Waals surface area contributed by atoms with Crippen molar-refractivity contribution < 1.29 is 22.7 Å². The molecular formula is C15H16F3N3O2. The SMILES string of the molecule is CC[C@H]1COCCN1C(=O)c1ccc2nc(C(F)(F)F)[nH]c2c1. The van der Waals surface area contributed by atoms with Crippen LogP contribution in [0.2, 0.25) is 0 Å². The number of nitrogens with zero attached hydrogens (tertiary/aromatic N) is 2. The highest BCUT2D eigenvalue weighted by Crippen LogP contribution is 2.29. The molecule has 0 saturated carbocycles. The number of amides is 1. The van der Waals surface area contributed by atoms with Crippen LogP contribution in [0.5, 0.6) is 0 Å². The van der Waals surface area contributed by atoms with E-state index in [4.69, 9.17) is 4.74 Å². The molecule has 1 aliphatic heterocycles. The molecule has 1 saturated heterocycles. The number of benzene rings is 1. The number of aromatic nitrogens is 2. The minimum absolute atomic E-state index is 0.0144. The van der Waals surface area contributed by atoms with Crippen molar-refractivity contribution in [1.82, 2.24) is 14.9 Å². The number of halogens is 3. The average molecular weight is 327 g/mol. The van der Waals surface area contributed by atoms with E-state index in [-0.39, 0.29) is 23.0 Å². The van der Waals surface area contributed by atoms with Gasteiger partial charge in [-0.05, 0) is 24.6 Å². The summed E-state index contributed by atoms with van der Waals surface area (Å²) in [5, 5.41) is 0. The molecule has 124 valence electrons. The summed E-state index contributed by atoms with van der Waals surface area (Å²) in [7, 11) is 0. The molecule has 2 aromatic rings. The first-order chi connectivity index (χ1) is 10.9. The molecule has 0 radical (unpaired) electrons. The second-order valence-corrected chi connectivity index (χ2v) is 5.45. The standard InChI is InChI=1S/C15H16F3N3O2/c1-2-10-8-23-6-5-21(10)13(22)9-3-4-11-12(7-9)20-14(19-11)15(16,17)18/h3-4,7,10H,2,5-6,8H2,1H3,(H,19,20)/t10-/m0/s1. The third-order valence-electron chi connectivity index (χ3n) is 3.96. The quantitative estimate of drug-likeness (QED) is 0.923. The predicted molar refractivity (Wildman–Crippen MR) is 77.0 cm³/mol. The van der Waals surface area contributed by atoms with Crippen LogP contribution in [0.3, 0.4) is 0 Å². The number of nitrogens with one attached hydrogen (secondary N) is 1. The minimum Gasteiger partial charge on any atom is -0.377 e. The number of alkyl halides is 3. The van der Waals surface area contributed by atoms with Crippen LogP contribution >= 0.6 is 0 Å². The van der Waals surface area contributed by atoms with Gasteiger partial charge >= 0.3 is 6.18 Å². The lowest BCUT2D eigenvalue weighted by Crippen LogP contribution is -2.48. The van der Waals surface area contributed by atoms with Gasteiger partial charge in [0.1, 0.15) is 0 Å². The van der Waals surface area contributed by atoms with Crippen molar-refractivity contribution in [3.05, 3.63) is 29.6 Å². The summed E-state index contributed by atoms with van der Waals surface area (Å²) < 4.78 is 43.4. The molecule has 1 N–H and O–H groups in total. The van der Waals surface area contributed by atoms with Gasteiger partial charge < -0.3 is 14.6 Å². The number of carbonyl (C=O) groups is 1. The monoisotopic (exact) mass is 327 g/mol. The molecule has 0 spiro atoms. The zero-order valence-electron chi connectivity index (χ0n) is 12.5. The van der Waals surface area contributed by atoms with Crippen LogP contribution in [-0.2, 0) is 10.9 Å². The molecule has 3 rings (SSSR count). The second kappa shape index (κ2) is 5.84.